The molecule has 0 aliphatic carbocycles. The molecule has 0 rings (SSSR count). The first kappa shape index (κ1) is 12.5. The molecule has 0 heterocycles. The summed E-state index contributed by atoms with van der Waals surface area (Å²) in [6, 6.07) is 0. The zero-order valence-electron chi connectivity index (χ0n) is 6.20. The number of aliphatic imine (C=N–C) groups is 1. The highest BCUT2D eigenvalue weighted by Crippen LogP contribution is 2.08. The van der Waals surface area contributed by atoms with Crippen LogP contribution in [0.4, 0.5) is 0 Å². The van der Waals surface area contributed by atoms with Crippen LogP contribution in [0.3, 0.4) is 0 Å². The molecule has 0 bridgehead atoms. The molecule has 0 aliphatic rings. The quantitative estimate of drug-likeness (QED) is 0.348. The summed E-state index contributed by atoms with van der Waals surface area (Å²) in [6.45, 7) is -0.250. The van der Waals surface area contributed by atoms with Crippen molar-refractivity contribution in [3.05, 3.63) is 0 Å². The van der Waals surface area contributed by atoms with Crippen LogP contribution in [0, 0.1) is 0 Å². The minimum Gasteiger partial charge on any atom is -0.483 e. The van der Waals surface area contributed by atoms with E-state index in [1.54, 1.807) is 23.5 Å². The molecule has 0 aromatic heterocycles. The van der Waals surface area contributed by atoms with E-state index in [-0.39, 0.29) is 6.47 Å². The van der Waals surface area contributed by atoms with E-state index in [0.717, 1.165) is 4.38 Å². The van der Waals surface area contributed by atoms with Gasteiger partial charge in [0, 0.05) is 7.05 Å². The summed E-state index contributed by atoms with van der Waals surface area (Å²) in [7, 11) is 1.81. The van der Waals surface area contributed by atoms with Gasteiger partial charge in [-0.3, -0.25) is 9.79 Å². The maximum Gasteiger partial charge on any atom is 0.290 e. The van der Waals surface area contributed by atoms with Crippen LogP contribution in [0.2, 0.25) is 0 Å². The fourth-order valence-electron chi connectivity index (χ4n) is 0.266. The van der Waals surface area contributed by atoms with Gasteiger partial charge in [-0.05, 0) is 12.5 Å². The zero-order chi connectivity index (χ0) is 8.41. The lowest BCUT2D eigenvalue weighted by atomic mass is 11.4. The van der Waals surface area contributed by atoms with E-state index in [4.69, 9.17) is 9.90 Å². The largest absolute Gasteiger partial charge is 0.483 e. The highest BCUT2D eigenvalue weighted by molar-refractivity contribution is 8.38. The molecule has 60 valence electrons. The van der Waals surface area contributed by atoms with Crippen LogP contribution in [0.15, 0.2) is 4.99 Å². The molecule has 0 aromatic carbocycles. The first-order chi connectivity index (χ1) is 4.76. The van der Waals surface area contributed by atoms with E-state index in [0.29, 0.717) is 0 Å². The van der Waals surface area contributed by atoms with Crippen molar-refractivity contribution < 1.29 is 9.90 Å². The van der Waals surface area contributed by atoms with Gasteiger partial charge in [-0.15, -0.1) is 23.5 Å². The van der Waals surface area contributed by atoms with Crippen molar-refractivity contribution in [1.29, 1.82) is 0 Å². The Labute approximate surface area is 69.3 Å². The van der Waals surface area contributed by atoms with E-state index in [2.05, 4.69) is 4.99 Å². The van der Waals surface area contributed by atoms with Crippen molar-refractivity contribution in [1.82, 2.24) is 0 Å². The number of hydrogen-bond acceptors (Lipinski definition) is 4. The number of nitrogens with zero attached hydrogens (tertiary/aromatic N) is 1. The Balaban J connectivity index is 0. The summed E-state index contributed by atoms with van der Waals surface area (Å²) in [5, 5.41) is 6.89. The summed E-state index contributed by atoms with van der Waals surface area (Å²) in [4.78, 5) is 12.3. The van der Waals surface area contributed by atoms with Gasteiger partial charge in [0.1, 0.15) is 4.38 Å². The lowest BCUT2D eigenvalue weighted by Gasteiger charge is -1.90. The molecule has 0 radical (unpaired) electrons. The first-order valence-corrected chi connectivity index (χ1v) is 4.84. The van der Waals surface area contributed by atoms with Crippen LogP contribution in [0.25, 0.3) is 0 Å². The van der Waals surface area contributed by atoms with Gasteiger partial charge in [0.25, 0.3) is 6.47 Å². The number of carbonyl (C=O) groups is 1. The molecule has 0 fully saturated rings. The fourth-order valence-corrected chi connectivity index (χ4v) is 1.30. The van der Waals surface area contributed by atoms with Crippen molar-refractivity contribution in [3.8, 4) is 0 Å². The Morgan fingerprint density at radius 1 is 1.50 bits per heavy atom. The minimum atomic E-state index is -0.250. The Hall–Kier alpha value is -0.160. The van der Waals surface area contributed by atoms with Gasteiger partial charge < -0.3 is 5.11 Å². The molecule has 10 heavy (non-hydrogen) atoms. The minimum absolute atomic E-state index is 0.250. The molecule has 0 amide bonds. The lowest BCUT2D eigenvalue weighted by molar-refractivity contribution is -0.122. The van der Waals surface area contributed by atoms with Crippen LogP contribution in [0.1, 0.15) is 0 Å². The average Bonchev–Trinajstić information content (AvgIpc) is 1.93. The molecular formula is C5H11NO2S2. The van der Waals surface area contributed by atoms with Gasteiger partial charge in [0.05, 0.1) is 0 Å². The maximum atomic E-state index is 8.36. The summed E-state index contributed by atoms with van der Waals surface area (Å²) in [6.07, 6.45) is 4.05. The van der Waals surface area contributed by atoms with Gasteiger partial charge in [0.2, 0.25) is 0 Å². The van der Waals surface area contributed by atoms with Crippen molar-refractivity contribution in [2.75, 3.05) is 19.6 Å². The SMILES string of the molecule is CN=C(SC)SC.O=CO. The Morgan fingerprint density at radius 3 is 1.80 bits per heavy atom. The molecule has 0 unspecified atom stereocenters. The van der Waals surface area contributed by atoms with Crippen LogP contribution < -0.4 is 0 Å². The Kier molecular flexibility index (Phi) is 14.5. The van der Waals surface area contributed by atoms with Gasteiger partial charge in [-0.25, -0.2) is 0 Å². The third-order valence-electron chi connectivity index (χ3n) is 0.532. The van der Waals surface area contributed by atoms with Gasteiger partial charge in [-0.2, -0.15) is 0 Å². The Bertz CT molecular complexity index is 99.8. The third kappa shape index (κ3) is 10.8. The second-order valence-electron chi connectivity index (χ2n) is 1.00. The van der Waals surface area contributed by atoms with Gasteiger partial charge in [0.15, 0.2) is 0 Å². The number of hydrogen-bond donors (Lipinski definition) is 1. The maximum absolute atomic E-state index is 8.36. The fraction of sp³-hybridized carbons (Fsp3) is 0.600. The van der Waals surface area contributed by atoms with Crippen molar-refractivity contribution in [2.24, 2.45) is 4.99 Å². The van der Waals surface area contributed by atoms with Gasteiger partial charge >= 0.3 is 0 Å². The van der Waals surface area contributed by atoms with Crippen LogP contribution >= 0.6 is 23.5 Å². The number of rotatable bonds is 0. The predicted molar refractivity (Wildman–Crippen MR) is 49.1 cm³/mol. The summed E-state index contributed by atoms with van der Waals surface area (Å²) < 4.78 is 1.14. The summed E-state index contributed by atoms with van der Waals surface area (Å²) in [5.41, 5.74) is 0. The molecular weight excluding hydrogens is 170 g/mol. The van der Waals surface area contributed by atoms with E-state index in [1.807, 2.05) is 19.6 Å². The van der Waals surface area contributed by atoms with Gasteiger partial charge in [-0.1, -0.05) is 0 Å². The molecule has 0 spiro atoms. The predicted octanol–water partition coefficient (Wildman–Crippen LogP) is 1.40. The lowest BCUT2D eigenvalue weighted by Crippen LogP contribution is -1.77. The molecule has 0 saturated heterocycles. The normalized spacial score (nSPS) is 7.10. The zero-order valence-corrected chi connectivity index (χ0v) is 7.83. The van der Waals surface area contributed by atoms with E-state index in [9.17, 15) is 0 Å². The number of carboxylic acid groups (broad SMARTS) is 1. The summed E-state index contributed by atoms with van der Waals surface area (Å²) in [5.74, 6) is 0. The molecule has 1 N–H and O–H groups in total. The van der Waals surface area contributed by atoms with Crippen LogP contribution in [-0.4, -0.2) is 35.5 Å². The highest BCUT2D eigenvalue weighted by atomic mass is 32.2. The average molecular weight is 181 g/mol. The van der Waals surface area contributed by atoms with E-state index >= 15 is 0 Å². The summed E-state index contributed by atoms with van der Waals surface area (Å²) >= 11 is 3.37. The smallest absolute Gasteiger partial charge is 0.290 e. The topological polar surface area (TPSA) is 49.7 Å². The molecule has 0 aliphatic heterocycles. The monoisotopic (exact) mass is 181 g/mol. The highest BCUT2D eigenvalue weighted by Gasteiger charge is 1.85. The third-order valence-corrected chi connectivity index (χ3v) is 2.60. The number of thioether (sulfide) groups is 2. The van der Waals surface area contributed by atoms with Crippen LogP contribution in [0.5, 0.6) is 0 Å². The molecule has 0 aromatic rings. The van der Waals surface area contributed by atoms with E-state index in [1.165, 1.54) is 0 Å². The standard InChI is InChI=1S/C4H9NS2.CH2O2/c1-5-4(6-2)7-3;2-1-3/h1-3H3;1H,(H,2,3). The van der Waals surface area contributed by atoms with Crippen molar-refractivity contribution >= 4 is 34.4 Å². The molecule has 5 heteroatoms. The first-order valence-electron chi connectivity index (χ1n) is 2.39. The van der Waals surface area contributed by atoms with Crippen molar-refractivity contribution in [2.45, 2.75) is 0 Å². The second kappa shape index (κ2) is 11.6. The second-order valence-corrected chi connectivity index (χ2v) is 2.85. The molecule has 3 nitrogen and oxygen atoms in total. The Morgan fingerprint density at radius 2 is 1.80 bits per heavy atom. The van der Waals surface area contributed by atoms with Crippen LogP contribution in [-0.2, 0) is 4.79 Å². The van der Waals surface area contributed by atoms with E-state index < -0.39 is 0 Å². The molecule has 0 atom stereocenters. The van der Waals surface area contributed by atoms with Crippen molar-refractivity contribution in [3.63, 3.8) is 0 Å². The molecule has 0 saturated carbocycles.